The van der Waals surface area contributed by atoms with Crippen LogP contribution in [0, 0.1) is 5.41 Å². The van der Waals surface area contributed by atoms with E-state index in [-0.39, 0.29) is 11.8 Å². The number of carbonyl (C=O) groups excluding carboxylic acids is 3. The normalized spacial score (nSPS) is 20.3. The van der Waals surface area contributed by atoms with Gasteiger partial charge in [0.2, 0.25) is 5.91 Å². The van der Waals surface area contributed by atoms with Crippen LogP contribution in [-0.2, 0) is 9.59 Å². The second-order valence-corrected chi connectivity index (χ2v) is 4.81. The molecule has 0 aliphatic carbocycles. The number of carbonyl (C=O) groups is 3. The van der Waals surface area contributed by atoms with Gasteiger partial charge in [0.1, 0.15) is 6.04 Å². The van der Waals surface area contributed by atoms with Gasteiger partial charge in [0.15, 0.2) is 0 Å². The second kappa shape index (κ2) is 4.51. The van der Waals surface area contributed by atoms with Gasteiger partial charge in [-0.25, -0.2) is 4.79 Å². The summed E-state index contributed by atoms with van der Waals surface area (Å²) in [6.07, 6.45) is 0.402. The molecule has 1 aliphatic heterocycles. The Kier molecular flexibility index (Phi) is 3.51. The number of imide groups is 1. The van der Waals surface area contributed by atoms with Crippen molar-refractivity contribution in [3.05, 3.63) is 0 Å². The molecule has 1 rings (SSSR count). The van der Waals surface area contributed by atoms with E-state index in [0.29, 0.717) is 13.0 Å². The van der Waals surface area contributed by atoms with Crippen molar-refractivity contribution < 1.29 is 14.4 Å². The van der Waals surface area contributed by atoms with Crippen LogP contribution in [0.25, 0.3) is 0 Å². The van der Waals surface area contributed by atoms with Gasteiger partial charge in [-0.2, -0.15) is 0 Å². The third-order valence-corrected chi connectivity index (χ3v) is 2.26. The fraction of sp³-hybridized carbons (Fsp3) is 0.700. The average Bonchev–Trinajstić information content (AvgIpc) is 2.43. The fourth-order valence-electron chi connectivity index (χ4n) is 1.26. The molecule has 90 valence electrons. The molecule has 1 saturated heterocycles. The Bertz CT molecular complexity index is 320. The van der Waals surface area contributed by atoms with Crippen LogP contribution < -0.4 is 16.0 Å². The molecule has 1 aliphatic rings. The summed E-state index contributed by atoms with van der Waals surface area (Å²) in [5, 5.41) is 7.31. The van der Waals surface area contributed by atoms with Crippen molar-refractivity contribution in [3.8, 4) is 0 Å². The molecule has 0 aromatic heterocycles. The van der Waals surface area contributed by atoms with Gasteiger partial charge in [-0.1, -0.05) is 20.8 Å². The molecule has 1 unspecified atom stereocenters. The SMILES string of the molecule is CC(C)(C)C(=O)NCCC1NC(=O)NC1=O. The Labute approximate surface area is 94.2 Å². The minimum absolute atomic E-state index is 0.0720. The summed E-state index contributed by atoms with van der Waals surface area (Å²) in [6.45, 7) is 5.81. The van der Waals surface area contributed by atoms with Gasteiger partial charge >= 0.3 is 6.03 Å². The molecule has 16 heavy (non-hydrogen) atoms. The highest BCUT2D eigenvalue weighted by atomic mass is 16.2. The maximum absolute atomic E-state index is 11.5. The van der Waals surface area contributed by atoms with E-state index in [4.69, 9.17) is 0 Å². The number of nitrogens with one attached hydrogen (secondary N) is 3. The van der Waals surface area contributed by atoms with E-state index < -0.39 is 17.5 Å². The van der Waals surface area contributed by atoms with Gasteiger partial charge in [0.25, 0.3) is 5.91 Å². The van der Waals surface area contributed by atoms with Crippen molar-refractivity contribution in [1.82, 2.24) is 16.0 Å². The lowest BCUT2D eigenvalue weighted by molar-refractivity contribution is -0.128. The Morgan fingerprint density at radius 2 is 2.00 bits per heavy atom. The maximum Gasteiger partial charge on any atom is 0.322 e. The summed E-state index contributed by atoms with van der Waals surface area (Å²) in [4.78, 5) is 33.4. The van der Waals surface area contributed by atoms with Gasteiger partial charge in [-0.3, -0.25) is 14.9 Å². The summed E-state index contributed by atoms with van der Waals surface area (Å²) in [5.74, 6) is -0.410. The highest BCUT2D eigenvalue weighted by Crippen LogP contribution is 2.12. The van der Waals surface area contributed by atoms with Crippen molar-refractivity contribution in [2.45, 2.75) is 33.2 Å². The molecule has 6 nitrogen and oxygen atoms in total. The zero-order valence-corrected chi connectivity index (χ0v) is 9.72. The number of amides is 4. The zero-order chi connectivity index (χ0) is 12.3. The molecule has 1 fully saturated rings. The molecular formula is C10H17N3O3. The quantitative estimate of drug-likeness (QED) is 0.581. The first-order chi connectivity index (χ1) is 7.30. The summed E-state index contributed by atoms with van der Waals surface area (Å²) in [6, 6.07) is -1.01. The number of urea groups is 1. The first-order valence-electron chi connectivity index (χ1n) is 5.20. The molecule has 6 heteroatoms. The Morgan fingerprint density at radius 1 is 1.38 bits per heavy atom. The highest BCUT2D eigenvalue weighted by Gasteiger charge is 2.29. The zero-order valence-electron chi connectivity index (χ0n) is 9.72. The van der Waals surface area contributed by atoms with Crippen LogP contribution in [0.5, 0.6) is 0 Å². The fourth-order valence-corrected chi connectivity index (χ4v) is 1.26. The standard InChI is InChI=1S/C10H17N3O3/c1-10(2,3)8(15)11-5-4-6-7(14)13-9(16)12-6/h6H,4-5H2,1-3H3,(H,11,15)(H2,12,13,14,16). The second-order valence-electron chi connectivity index (χ2n) is 4.81. The average molecular weight is 227 g/mol. The van der Waals surface area contributed by atoms with Gasteiger partial charge in [-0.05, 0) is 6.42 Å². The van der Waals surface area contributed by atoms with Crippen LogP contribution in [0.2, 0.25) is 0 Å². The summed E-state index contributed by atoms with van der Waals surface area (Å²) in [7, 11) is 0. The molecule has 1 heterocycles. The largest absolute Gasteiger partial charge is 0.356 e. The summed E-state index contributed by atoms with van der Waals surface area (Å²) in [5.41, 5.74) is -0.443. The molecule has 3 N–H and O–H groups in total. The number of rotatable bonds is 3. The summed E-state index contributed by atoms with van der Waals surface area (Å²) < 4.78 is 0. The lowest BCUT2D eigenvalue weighted by Gasteiger charge is -2.18. The molecule has 1 atom stereocenters. The molecule has 0 saturated carbocycles. The lowest BCUT2D eigenvalue weighted by atomic mass is 9.95. The topological polar surface area (TPSA) is 87.3 Å². The van der Waals surface area contributed by atoms with Crippen LogP contribution in [0.3, 0.4) is 0 Å². The molecule has 0 aromatic carbocycles. The van der Waals surface area contributed by atoms with Gasteiger partial charge in [0, 0.05) is 12.0 Å². The predicted molar refractivity (Wildman–Crippen MR) is 57.5 cm³/mol. The van der Waals surface area contributed by atoms with Gasteiger partial charge in [-0.15, -0.1) is 0 Å². The monoisotopic (exact) mass is 227 g/mol. The Hall–Kier alpha value is -1.59. The van der Waals surface area contributed by atoms with Crippen LogP contribution in [0.15, 0.2) is 0 Å². The smallest absolute Gasteiger partial charge is 0.322 e. The van der Waals surface area contributed by atoms with Gasteiger partial charge in [0.05, 0.1) is 0 Å². The highest BCUT2D eigenvalue weighted by molar-refractivity contribution is 6.04. The van der Waals surface area contributed by atoms with E-state index in [1.165, 1.54) is 0 Å². The molecule has 0 aromatic rings. The van der Waals surface area contributed by atoms with Crippen molar-refractivity contribution in [2.24, 2.45) is 5.41 Å². The maximum atomic E-state index is 11.5. The van der Waals surface area contributed by atoms with Crippen molar-refractivity contribution in [2.75, 3.05) is 6.54 Å². The van der Waals surface area contributed by atoms with Crippen LogP contribution in [0.1, 0.15) is 27.2 Å². The molecule has 0 radical (unpaired) electrons. The van der Waals surface area contributed by atoms with Crippen molar-refractivity contribution in [1.29, 1.82) is 0 Å². The van der Waals surface area contributed by atoms with E-state index in [9.17, 15) is 14.4 Å². The first kappa shape index (κ1) is 12.5. The van der Waals surface area contributed by atoms with E-state index >= 15 is 0 Å². The van der Waals surface area contributed by atoms with Crippen molar-refractivity contribution >= 4 is 17.8 Å². The van der Waals surface area contributed by atoms with Crippen LogP contribution in [0.4, 0.5) is 4.79 Å². The van der Waals surface area contributed by atoms with E-state index in [1.54, 1.807) is 0 Å². The lowest BCUT2D eigenvalue weighted by Crippen LogP contribution is -2.39. The third kappa shape index (κ3) is 3.22. The van der Waals surface area contributed by atoms with Crippen LogP contribution >= 0.6 is 0 Å². The minimum Gasteiger partial charge on any atom is -0.356 e. The molecule has 0 bridgehead atoms. The van der Waals surface area contributed by atoms with Crippen LogP contribution in [-0.4, -0.2) is 30.4 Å². The third-order valence-electron chi connectivity index (χ3n) is 2.26. The van der Waals surface area contributed by atoms with E-state index in [1.807, 2.05) is 20.8 Å². The van der Waals surface area contributed by atoms with Crippen molar-refractivity contribution in [3.63, 3.8) is 0 Å². The molecular weight excluding hydrogens is 210 g/mol. The number of hydrogen-bond donors (Lipinski definition) is 3. The molecule has 4 amide bonds. The van der Waals surface area contributed by atoms with E-state index in [2.05, 4.69) is 16.0 Å². The summed E-state index contributed by atoms with van der Waals surface area (Å²) >= 11 is 0. The Balaban J connectivity index is 2.29. The minimum atomic E-state index is -0.534. The number of hydrogen-bond acceptors (Lipinski definition) is 3. The predicted octanol–water partition coefficient (Wildman–Crippen LogP) is -0.253. The first-order valence-corrected chi connectivity index (χ1v) is 5.20. The van der Waals surface area contributed by atoms with Gasteiger partial charge < -0.3 is 10.6 Å². The Morgan fingerprint density at radius 3 is 2.44 bits per heavy atom. The molecule has 0 spiro atoms. The van der Waals surface area contributed by atoms with E-state index in [0.717, 1.165) is 0 Å².